The molecule has 0 rings (SSSR count). The van der Waals surface area contributed by atoms with Crippen LogP contribution in [0.25, 0.3) is 0 Å². The SMILES string of the molecule is CC/C=C\C/C=C\C/C=C\C/C=C\C/C=C\C/C=C\CCC(=O)OCC(COC(=O)CCCCCCC)OC(=O)CCCCC/C=C\C/C=C\C/C=C\CC. The van der Waals surface area contributed by atoms with Crippen molar-refractivity contribution in [2.45, 2.75) is 168 Å². The molecule has 55 heavy (non-hydrogen) atoms. The number of rotatable bonds is 36. The van der Waals surface area contributed by atoms with Crippen LogP contribution in [0.4, 0.5) is 0 Å². The topological polar surface area (TPSA) is 78.9 Å². The summed E-state index contributed by atoms with van der Waals surface area (Å²) in [5.41, 5.74) is 0. The Morgan fingerprint density at radius 1 is 0.382 bits per heavy atom. The highest BCUT2D eigenvalue weighted by Crippen LogP contribution is 2.10. The van der Waals surface area contributed by atoms with Crippen molar-refractivity contribution in [1.29, 1.82) is 0 Å². The van der Waals surface area contributed by atoms with Gasteiger partial charge in [0.25, 0.3) is 0 Å². The summed E-state index contributed by atoms with van der Waals surface area (Å²) >= 11 is 0. The molecule has 6 heteroatoms. The number of hydrogen-bond donors (Lipinski definition) is 0. The van der Waals surface area contributed by atoms with Crippen molar-refractivity contribution in [1.82, 2.24) is 0 Å². The average molecular weight is 761 g/mol. The summed E-state index contributed by atoms with van der Waals surface area (Å²) in [4.78, 5) is 37.4. The molecule has 0 fully saturated rings. The second kappa shape index (κ2) is 42.8. The lowest BCUT2D eigenvalue weighted by Crippen LogP contribution is -2.30. The Balaban J connectivity index is 4.44. The first-order valence-electron chi connectivity index (χ1n) is 21.4. The predicted octanol–water partition coefficient (Wildman–Crippen LogP) is 13.6. The monoisotopic (exact) mass is 761 g/mol. The van der Waals surface area contributed by atoms with Crippen molar-refractivity contribution < 1.29 is 28.6 Å². The van der Waals surface area contributed by atoms with Crippen LogP contribution in [0.15, 0.2) is 109 Å². The number of unbranched alkanes of at least 4 members (excludes halogenated alkanes) is 7. The number of esters is 3. The van der Waals surface area contributed by atoms with E-state index in [1.165, 1.54) is 0 Å². The van der Waals surface area contributed by atoms with Gasteiger partial charge >= 0.3 is 17.9 Å². The zero-order chi connectivity index (χ0) is 40.1. The van der Waals surface area contributed by atoms with Crippen LogP contribution in [0.5, 0.6) is 0 Å². The van der Waals surface area contributed by atoms with Gasteiger partial charge in [-0.1, -0.05) is 162 Å². The van der Waals surface area contributed by atoms with Crippen molar-refractivity contribution in [3.63, 3.8) is 0 Å². The van der Waals surface area contributed by atoms with Crippen molar-refractivity contribution in [2.75, 3.05) is 13.2 Å². The van der Waals surface area contributed by atoms with Gasteiger partial charge in [0.15, 0.2) is 6.10 Å². The van der Waals surface area contributed by atoms with Gasteiger partial charge in [-0.15, -0.1) is 0 Å². The van der Waals surface area contributed by atoms with E-state index in [0.717, 1.165) is 109 Å². The van der Waals surface area contributed by atoms with Gasteiger partial charge in [-0.2, -0.15) is 0 Å². The van der Waals surface area contributed by atoms with Gasteiger partial charge in [-0.25, -0.2) is 0 Å². The van der Waals surface area contributed by atoms with Crippen LogP contribution in [-0.4, -0.2) is 37.2 Å². The molecule has 0 aliphatic rings. The molecule has 0 aliphatic heterocycles. The van der Waals surface area contributed by atoms with Crippen LogP contribution in [0.1, 0.15) is 162 Å². The number of carbonyl (C=O) groups excluding carboxylic acids is 3. The van der Waals surface area contributed by atoms with E-state index < -0.39 is 6.10 Å². The Labute approximate surface area is 336 Å². The summed E-state index contributed by atoms with van der Waals surface area (Å²) in [6.45, 7) is 6.18. The standard InChI is InChI=1S/C49H76O6/c1-4-7-10-13-15-17-19-21-22-23-24-25-26-28-29-31-33-36-39-42-48(51)54-45-46(44-53-47(50)41-38-35-12-9-6-3)55-49(52)43-40-37-34-32-30-27-20-18-16-14-11-8-5-2/h7-8,10-11,15-18,21-22,24-25,27-30,33,36,46H,4-6,9,12-14,19-20,23,26,31-32,34-35,37-45H2,1-3H3/b10-7-,11-8-,17-15-,18-16-,22-21-,25-24-,29-28-,30-27-,36-33-. The van der Waals surface area contributed by atoms with E-state index in [2.05, 4.69) is 118 Å². The fourth-order valence-corrected chi connectivity index (χ4v) is 5.13. The molecule has 0 saturated carbocycles. The van der Waals surface area contributed by atoms with Gasteiger partial charge < -0.3 is 14.2 Å². The molecular weight excluding hydrogens is 685 g/mol. The fourth-order valence-electron chi connectivity index (χ4n) is 5.13. The number of ether oxygens (including phenoxy) is 3. The molecule has 0 heterocycles. The third kappa shape index (κ3) is 41.1. The van der Waals surface area contributed by atoms with Crippen molar-refractivity contribution in [2.24, 2.45) is 0 Å². The second-order valence-corrected chi connectivity index (χ2v) is 13.5. The molecule has 0 spiro atoms. The van der Waals surface area contributed by atoms with Crippen LogP contribution in [0, 0.1) is 0 Å². The minimum absolute atomic E-state index is 0.117. The first-order chi connectivity index (χ1) is 27.0. The molecule has 0 aliphatic carbocycles. The van der Waals surface area contributed by atoms with E-state index in [1.807, 2.05) is 12.2 Å². The van der Waals surface area contributed by atoms with Gasteiger partial charge in [0, 0.05) is 19.3 Å². The molecule has 6 nitrogen and oxygen atoms in total. The largest absolute Gasteiger partial charge is 0.462 e. The second-order valence-electron chi connectivity index (χ2n) is 13.5. The maximum atomic E-state index is 12.6. The molecule has 0 bridgehead atoms. The summed E-state index contributed by atoms with van der Waals surface area (Å²) in [5.74, 6) is -1.06. The van der Waals surface area contributed by atoms with Crippen LogP contribution >= 0.6 is 0 Å². The molecular formula is C49H76O6. The quantitative estimate of drug-likeness (QED) is 0.0274. The Kier molecular flexibility index (Phi) is 39.7. The predicted molar refractivity (Wildman–Crippen MR) is 233 cm³/mol. The van der Waals surface area contributed by atoms with Gasteiger partial charge in [-0.05, 0) is 89.9 Å². The molecule has 1 atom stereocenters. The summed E-state index contributed by atoms with van der Waals surface area (Å²) in [5, 5.41) is 0. The number of carbonyl (C=O) groups is 3. The van der Waals surface area contributed by atoms with Crippen LogP contribution in [-0.2, 0) is 28.6 Å². The minimum atomic E-state index is -0.820. The molecule has 308 valence electrons. The molecule has 1 unspecified atom stereocenters. The first kappa shape index (κ1) is 51.1. The molecule has 0 radical (unpaired) electrons. The van der Waals surface area contributed by atoms with Crippen molar-refractivity contribution >= 4 is 17.9 Å². The smallest absolute Gasteiger partial charge is 0.306 e. The Morgan fingerprint density at radius 2 is 0.745 bits per heavy atom. The van der Waals surface area contributed by atoms with E-state index in [-0.39, 0.29) is 44.0 Å². The van der Waals surface area contributed by atoms with E-state index in [1.54, 1.807) is 0 Å². The number of allylic oxidation sites excluding steroid dienone is 18. The van der Waals surface area contributed by atoms with Crippen molar-refractivity contribution in [3.8, 4) is 0 Å². The Bertz CT molecular complexity index is 1200. The third-order valence-corrected chi connectivity index (χ3v) is 8.29. The summed E-state index contributed by atoms with van der Waals surface area (Å²) < 4.78 is 16.5. The molecule has 0 amide bonds. The normalized spacial score (nSPS) is 13.1. The molecule has 0 aromatic carbocycles. The zero-order valence-corrected chi connectivity index (χ0v) is 34.9. The fraction of sp³-hybridized carbons (Fsp3) is 0.571. The van der Waals surface area contributed by atoms with Gasteiger partial charge in [0.2, 0.25) is 0 Å². The van der Waals surface area contributed by atoms with E-state index in [4.69, 9.17) is 14.2 Å². The lowest BCUT2D eigenvalue weighted by atomic mass is 10.1. The molecule has 0 aromatic heterocycles. The summed E-state index contributed by atoms with van der Waals surface area (Å²) in [7, 11) is 0. The Morgan fingerprint density at radius 3 is 1.20 bits per heavy atom. The maximum Gasteiger partial charge on any atom is 0.306 e. The number of hydrogen-bond acceptors (Lipinski definition) is 6. The van der Waals surface area contributed by atoms with E-state index >= 15 is 0 Å². The summed E-state index contributed by atoms with van der Waals surface area (Å²) in [6.07, 6.45) is 56.9. The van der Waals surface area contributed by atoms with Gasteiger partial charge in [0.1, 0.15) is 13.2 Å². The Hall–Kier alpha value is -3.93. The van der Waals surface area contributed by atoms with E-state index in [0.29, 0.717) is 19.3 Å². The first-order valence-corrected chi connectivity index (χ1v) is 21.4. The van der Waals surface area contributed by atoms with E-state index in [9.17, 15) is 14.4 Å². The highest BCUT2D eigenvalue weighted by atomic mass is 16.6. The van der Waals surface area contributed by atoms with Crippen LogP contribution in [0.3, 0.4) is 0 Å². The highest BCUT2D eigenvalue weighted by Gasteiger charge is 2.19. The van der Waals surface area contributed by atoms with Crippen LogP contribution in [0.2, 0.25) is 0 Å². The minimum Gasteiger partial charge on any atom is -0.462 e. The molecule has 0 N–H and O–H groups in total. The third-order valence-electron chi connectivity index (χ3n) is 8.29. The zero-order valence-electron chi connectivity index (χ0n) is 34.9. The lowest BCUT2D eigenvalue weighted by Gasteiger charge is -2.18. The highest BCUT2D eigenvalue weighted by molar-refractivity contribution is 5.71. The lowest BCUT2D eigenvalue weighted by molar-refractivity contribution is -0.166. The van der Waals surface area contributed by atoms with Gasteiger partial charge in [-0.3, -0.25) is 14.4 Å². The van der Waals surface area contributed by atoms with Crippen LogP contribution < -0.4 is 0 Å². The van der Waals surface area contributed by atoms with Gasteiger partial charge in [0.05, 0.1) is 0 Å². The summed E-state index contributed by atoms with van der Waals surface area (Å²) in [6, 6.07) is 0. The molecule has 0 aromatic rings. The average Bonchev–Trinajstić information content (AvgIpc) is 3.18. The van der Waals surface area contributed by atoms with Crippen molar-refractivity contribution in [3.05, 3.63) is 109 Å². The maximum absolute atomic E-state index is 12.6. The molecule has 0 saturated heterocycles.